The van der Waals surface area contributed by atoms with Crippen molar-refractivity contribution in [1.29, 1.82) is 0 Å². The second-order valence-electron chi connectivity index (χ2n) is 7.70. The fourth-order valence-corrected chi connectivity index (χ4v) is 4.52. The minimum Gasteiger partial charge on any atom is -0.375 e. The molecule has 2 aromatic heterocycles. The fourth-order valence-electron chi connectivity index (χ4n) is 4.17. The van der Waals surface area contributed by atoms with Gasteiger partial charge < -0.3 is 24.8 Å². The highest BCUT2D eigenvalue weighted by atomic mass is 32.1. The van der Waals surface area contributed by atoms with Gasteiger partial charge in [0.25, 0.3) is 0 Å². The van der Waals surface area contributed by atoms with E-state index in [4.69, 9.17) is 17.0 Å². The number of pyridine rings is 1. The Labute approximate surface area is 193 Å². The number of benzene rings is 1. The molecule has 0 saturated carbocycles. The second-order valence-corrected chi connectivity index (χ2v) is 8.08. The Morgan fingerprint density at radius 1 is 1.25 bits per heavy atom. The molecule has 1 aliphatic heterocycles. The number of thiocarbonyl (C=S) groups is 1. The van der Waals surface area contributed by atoms with Gasteiger partial charge in [-0.05, 0) is 74.1 Å². The summed E-state index contributed by atoms with van der Waals surface area (Å²) in [6, 6.07) is 15.9. The molecule has 3 heterocycles. The molecule has 1 fully saturated rings. The topological polar surface area (TPSA) is 71.4 Å². The van der Waals surface area contributed by atoms with Gasteiger partial charge in [-0.25, -0.2) is 0 Å². The number of nitrogens with zero attached hydrogens (tertiary/aromatic N) is 3. The van der Waals surface area contributed by atoms with E-state index < -0.39 is 0 Å². The van der Waals surface area contributed by atoms with Gasteiger partial charge in [-0.3, -0.25) is 9.78 Å². The molecule has 2 atom stereocenters. The van der Waals surface area contributed by atoms with E-state index in [-0.39, 0.29) is 24.6 Å². The molecule has 3 aromatic rings. The van der Waals surface area contributed by atoms with Gasteiger partial charge in [-0.1, -0.05) is 6.07 Å². The van der Waals surface area contributed by atoms with Crippen LogP contribution in [-0.2, 0) is 16.1 Å². The monoisotopic (exact) mass is 449 g/mol. The lowest BCUT2D eigenvalue weighted by Gasteiger charge is -2.29. The Hall–Kier alpha value is -3.23. The highest BCUT2D eigenvalue weighted by Crippen LogP contribution is 2.42. The van der Waals surface area contributed by atoms with Crippen molar-refractivity contribution in [2.45, 2.75) is 32.5 Å². The van der Waals surface area contributed by atoms with Gasteiger partial charge in [0.05, 0.1) is 11.7 Å². The average Bonchev–Trinajstić information content (AvgIpc) is 3.39. The van der Waals surface area contributed by atoms with Crippen molar-refractivity contribution in [3.8, 4) is 0 Å². The zero-order valence-corrected chi connectivity index (χ0v) is 19.2. The van der Waals surface area contributed by atoms with Crippen molar-refractivity contribution < 1.29 is 9.53 Å². The highest BCUT2D eigenvalue weighted by Gasteiger charge is 2.42. The average molecular weight is 450 g/mol. The van der Waals surface area contributed by atoms with Crippen molar-refractivity contribution in [1.82, 2.24) is 14.9 Å². The molecule has 1 amide bonds. The second kappa shape index (κ2) is 9.50. The number of aromatic nitrogens is 2. The maximum absolute atomic E-state index is 11.9. The molecule has 1 aromatic carbocycles. The van der Waals surface area contributed by atoms with E-state index >= 15 is 0 Å². The van der Waals surface area contributed by atoms with Gasteiger partial charge in [-0.15, -0.1) is 0 Å². The molecule has 2 N–H and O–H groups in total. The molecule has 7 nitrogen and oxygen atoms in total. The summed E-state index contributed by atoms with van der Waals surface area (Å²) in [5.41, 5.74) is 4.75. The first-order chi connectivity index (χ1) is 15.5. The zero-order chi connectivity index (χ0) is 22.7. The van der Waals surface area contributed by atoms with Crippen molar-refractivity contribution in [3.05, 3.63) is 77.9 Å². The third-order valence-corrected chi connectivity index (χ3v) is 5.96. The lowest BCUT2D eigenvalue weighted by molar-refractivity contribution is -0.119. The predicted octanol–water partition coefficient (Wildman–Crippen LogP) is 3.97. The summed E-state index contributed by atoms with van der Waals surface area (Å²) < 4.78 is 7.14. The quantitative estimate of drug-likeness (QED) is 0.532. The summed E-state index contributed by atoms with van der Waals surface area (Å²) in [5, 5.41) is 7.02. The number of hydrogen-bond acceptors (Lipinski definition) is 4. The molecule has 1 aliphatic rings. The number of rotatable bonds is 7. The molecular weight excluding hydrogens is 422 g/mol. The van der Waals surface area contributed by atoms with E-state index in [1.165, 1.54) is 7.11 Å². The Bertz CT molecular complexity index is 1110. The number of methoxy groups -OCH3 is 1. The number of aryl methyl sites for hydroxylation is 2. The molecule has 4 rings (SSSR count). The number of amides is 1. The van der Waals surface area contributed by atoms with Crippen molar-refractivity contribution >= 4 is 34.6 Å². The summed E-state index contributed by atoms with van der Waals surface area (Å²) in [6.07, 6.45) is 3.89. The molecule has 0 unspecified atom stereocenters. The van der Waals surface area contributed by atoms with E-state index in [0.29, 0.717) is 5.11 Å². The number of ether oxygens (including phenoxy) is 1. The summed E-state index contributed by atoms with van der Waals surface area (Å²) in [6.45, 7) is 4.98. The largest absolute Gasteiger partial charge is 0.375 e. The zero-order valence-electron chi connectivity index (χ0n) is 18.4. The van der Waals surface area contributed by atoms with E-state index in [9.17, 15) is 4.79 Å². The van der Waals surface area contributed by atoms with Crippen LogP contribution in [0, 0.1) is 6.92 Å². The van der Waals surface area contributed by atoms with E-state index in [2.05, 4.69) is 50.3 Å². The Kier molecular flexibility index (Phi) is 6.53. The molecular formula is C24H27N5O2S. The van der Waals surface area contributed by atoms with Crippen LogP contribution in [0.15, 0.2) is 60.9 Å². The van der Waals surface area contributed by atoms with Gasteiger partial charge in [0.2, 0.25) is 5.91 Å². The maximum atomic E-state index is 11.9. The maximum Gasteiger partial charge on any atom is 0.250 e. The fraction of sp³-hybridized carbons (Fsp3) is 0.292. The van der Waals surface area contributed by atoms with Crippen LogP contribution in [0.5, 0.6) is 0 Å². The number of carbonyl (C=O) groups is 1. The van der Waals surface area contributed by atoms with Gasteiger partial charge in [0, 0.05) is 43.1 Å². The molecule has 8 heteroatoms. The lowest BCUT2D eigenvalue weighted by Crippen LogP contribution is -2.30. The normalized spacial score (nSPS) is 18.0. The molecule has 32 heavy (non-hydrogen) atoms. The summed E-state index contributed by atoms with van der Waals surface area (Å²) in [4.78, 5) is 18.7. The van der Waals surface area contributed by atoms with Crippen LogP contribution in [-0.4, -0.2) is 34.3 Å². The smallest absolute Gasteiger partial charge is 0.250 e. The third kappa shape index (κ3) is 4.24. The van der Waals surface area contributed by atoms with Gasteiger partial charge in [0.15, 0.2) is 5.11 Å². The molecule has 166 valence electrons. The molecule has 0 bridgehead atoms. The first-order valence-electron chi connectivity index (χ1n) is 10.6. The summed E-state index contributed by atoms with van der Waals surface area (Å²) in [7, 11) is 1.50. The van der Waals surface area contributed by atoms with Gasteiger partial charge >= 0.3 is 0 Å². The first kappa shape index (κ1) is 22.0. The molecule has 0 radical (unpaired) electrons. The molecule has 0 aliphatic carbocycles. The van der Waals surface area contributed by atoms with Crippen molar-refractivity contribution in [2.75, 3.05) is 23.9 Å². The van der Waals surface area contributed by atoms with Crippen LogP contribution in [0.25, 0.3) is 0 Å². The predicted molar refractivity (Wildman–Crippen MR) is 130 cm³/mol. The highest BCUT2D eigenvalue weighted by molar-refractivity contribution is 7.80. The van der Waals surface area contributed by atoms with Crippen LogP contribution in [0.3, 0.4) is 0 Å². The van der Waals surface area contributed by atoms with Gasteiger partial charge in [0.1, 0.15) is 12.6 Å². The minimum atomic E-state index is -0.185. The molecule has 0 spiro atoms. The van der Waals surface area contributed by atoms with E-state index in [1.807, 2.05) is 43.3 Å². The van der Waals surface area contributed by atoms with Crippen molar-refractivity contribution in [2.24, 2.45) is 0 Å². The van der Waals surface area contributed by atoms with Crippen LogP contribution in [0.1, 0.15) is 36.0 Å². The molecule has 1 saturated heterocycles. The standard InChI is InChI=1S/C24H27N5O2S/c1-4-28-13-7-9-20(28)23-22(19-8-5-6-12-25-19)27-24(32)29(23)17-10-11-18(16(2)14-17)26-21(30)15-31-3/h5-14,22-23H,4,15H2,1-3H3,(H,26,30)(H,27,32)/t22-,23-/m1/s1. The number of hydrogen-bond donors (Lipinski definition) is 2. The Balaban J connectivity index is 1.74. The van der Waals surface area contributed by atoms with Crippen LogP contribution < -0.4 is 15.5 Å². The van der Waals surface area contributed by atoms with Crippen molar-refractivity contribution in [3.63, 3.8) is 0 Å². The van der Waals surface area contributed by atoms with E-state index in [1.54, 1.807) is 6.20 Å². The number of carbonyl (C=O) groups excluding carboxylic acids is 1. The summed E-state index contributed by atoms with van der Waals surface area (Å²) >= 11 is 5.80. The Morgan fingerprint density at radius 3 is 2.78 bits per heavy atom. The Morgan fingerprint density at radius 2 is 2.09 bits per heavy atom. The third-order valence-electron chi connectivity index (χ3n) is 5.64. The first-order valence-corrected chi connectivity index (χ1v) is 11.0. The summed E-state index contributed by atoms with van der Waals surface area (Å²) in [5.74, 6) is -0.185. The SMILES string of the molecule is CCn1cccc1[C@@H]1[C@@H](c2ccccn2)NC(=S)N1c1ccc(NC(=O)COC)c(C)c1. The number of anilines is 2. The van der Waals surface area contributed by atoms with E-state index in [0.717, 1.165) is 34.9 Å². The van der Waals surface area contributed by atoms with Crippen LogP contribution >= 0.6 is 12.2 Å². The van der Waals surface area contributed by atoms with Gasteiger partial charge in [-0.2, -0.15) is 0 Å². The van der Waals surface area contributed by atoms with Crippen LogP contribution in [0.2, 0.25) is 0 Å². The lowest BCUT2D eigenvalue weighted by atomic mass is 10.0. The number of nitrogens with one attached hydrogen (secondary N) is 2. The van der Waals surface area contributed by atoms with Crippen LogP contribution in [0.4, 0.5) is 11.4 Å². The minimum absolute atomic E-state index is 0.0170.